The first-order valence-electron chi connectivity index (χ1n) is 5.55. The number of hydrogen-bond acceptors (Lipinski definition) is 2. The summed E-state index contributed by atoms with van der Waals surface area (Å²) in [6, 6.07) is 5.38. The molecule has 0 radical (unpaired) electrons. The first-order chi connectivity index (χ1) is 8.15. The largest absolute Gasteiger partial charge is 0.356 e. The van der Waals surface area contributed by atoms with Gasteiger partial charge in [-0.3, -0.25) is 4.79 Å². The number of halogens is 2. The van der Waals surface area contributed by atoms with Crippen LogP contribution in [0.3, 0.4) is 0 Å². The minimum atomic E-state index is 0.0126. The molecule has 1 rings (SSSR count). The van der Waals surface area contributed by atoms with Gasteiger partial charge in [0, 0.05) is 23.0 Å². The zero-order valence-corrected chi connectivity index (χ0v) is 11.0. The van der Waals surface area contributed by atoms with Crippen LogP contribution in [-0.2, 0) is 11.2 Å². The van der Waals surface area contributed by atoms with E-state index in [1.165, 1.54) is 0 Å². The van der Waals surface area contributed by atoms with E-state index in [0.717, 1.165) is 5.56 Å². The molecule has 0 aliphatic rings. The van der Waals surface area contributed by atoms with Crippen LogP contribution in [0.1, 0.15) is 18.4 Å². The SMILES string of the molecule is NCCCC(=O)NCCc1c(Cl)cccc1Cl. The average Bonchev–Trinajstić information content (AvgIpc) is 2.30. The molecule has 0 aromatic heterocycles. The number of carbonyl (C=O) groups excluding carboxylic acids is 1. The minimum absolute atomic E-state index is 0.0126. The van der Waals surface area contributed by atoms with Crippen LogP contribution in [0.2, 0.25) is 10.0 Å². The van der Waals surface area contributed by atoms with Crippen molar-refractivity contribution in [3.8, 4) is 0 Å². The lowest BCUT2D eigenvalue weighted by Gasteiger charge is -2.08. The number of amides is 1. The first-order valence-corrected chi connectivity index (χ1v) is 6.30. The van der Waals surface area contributed by atoms with Crippen molar-refractivity contribution >= 4 is 29.1 Å². The van der Waals surface area contributed by atoms with Crippen molar-refractivity contribution in [1.29, 1.82) is 0 Å². The average molecular weight is 275 g/mol. The molecule has 0 aliphatic heterocycles. The van der Waals surface area contributed by atoms with Crippen molar-refractivity contribution in [2.45, 2.75) is 19.3 Å². The number of nitrogens with two attached hydrogens (primary N) is 1. The predicted octanol–water partition coefficient (Wildman–Crippen LogP) is 2.39. The van der Waals surface area contributed by atoms with Crippen molar-refractivity contribution in [3.05, 3.63) is 33.8 Å². The molecule has 3 nitrogen and oxygen atoms in total. The highest BCUT2D eigenvalue weighted by Gasteiger charge is 2.06. The molecule has 0 saturated carbocycles. The van der Waals surface area contributed by atoms with E-state index in [9.17, 15) is 4.79 Å². The van der Waals surface area contributed by atoms with Crippen LogP contribution in [0.15, 0.2) is 18.2 Å². The molecule has 0 unspecified atom stereocenters. The molecule has 94 valence electrons. The van der Waals surface area contributed by atoms with Crippen LogP contribution in [0.5, 0.6) is 0 Å². The molecule has 1 aromatic rings. The standard InChI is InChI=1S/C12H16Cl2N2O/c13-10-3-1-4-11(14)9(10)6-8-16-12(17)5-2-7-15/h1,3-4H,2,5-8,15H2,(H,16,17). The summed E-state index contributed by atoms with van der Waals surface area (Å²) in [5.74, 6) is 0.0126. The van der Waals surface area contributed by atoms with Crippen LogP contribution >= 0.6 is 23.2 Å². The van der Waals surface area contributed by atoms with Crippen molar-refractivity contribution in [2.75, 3.05) is 13.1 Å². The van der Waals surface area contributed by atoms with E-state index in [1.807, 2.05) is 0 Å². The van der Waals surface area contributed by atoms with Gasteiger partial charge < -0.3 is 11.1 Å². The van der Waals surface area contributed by atoms with Gasteiger partial charge in [-0.1, -0.05) is 29.3 Å². The molecular weight excluding hydrogens is 259 g/mol. The van der Waals surface area contributed by atoms with E-state index < -0.39 is 0 Å². The Bertz CT molecular complexity index is 363. The molecule has 0 heterocycles. The highest BCUT2D eigenvalue weighted by Crippen LogP contribution is 2.24. The fourth-order valence-corrected chi connectivity index (χ4v) is 2.04. The smallest absolute Gasteiger partial charge is 0.220 e. The zero-order valence-electron chi connectivity index (χ0n) is 9.51. The van der Waals surface area contributed by atoms with Crippen LogP contribution < -0.4 is 11.1 Å². The molecule has 3 N–H and O–H groups in total. The summed E-state index contributed by atoms with van der Waals surface area (Å²) < 4.78 is 0. The second-order valence-corrected chi connectivity index (χ2v) is 4.51. The third-order valence-electron chi connectivity index (χ3n) is 2.37. The van der Waals surface area contributed by atoms with Gasteiger partial charge in [0.1, 0.15) is 0 Å². The lowest BCUT2D eigenvalue weighted by atomic mass is 10.1. The molecule has 17 heavy (non-hydrogen) atoms. The van der Waals surface area contributed by atoms with Crippen molar-refractivity contribution in [3.63, 3.8) is 0 Å². The van der Waals surface area contributed by atoms with Crippen LogP contribution in [0, 0.1) is 0 Å². The van der Waals surface area contributed by atoms with Crippen LogP contribution in [0.25, 0.3) is 0 Å². The monoisotopic (exact) mass is 274 g/mol. The van der Waals surface area contributed by atoms with Crippen LogP contribution in [-0.4, -0.2) is 19.0 Å². The quantitative estimate of drug-likeness (QED) is 0.837. The highest BCUT2D eigenvalue weighted by molar-refractivity contribution is 6.35. The summed E-state index contributed by atoms with van der Waals surface area (Å²) in [6.07, 6.45) is 1.80. The molecule has 0 bridgehead atoms. The maximum Gasteiger partial charge on any atom is 0.220 e. The number of carbonyl (C=O) groups is 1. The van der Waals surface area contributed by atoms with Gasteiger partial charge in [-0.15, -0.1) is 0 Å². The van der Waals surface area contributed by atoms with E-state index in [1.54, 1.807) is 18.2 Å². The van der Waals surface area contributed by atoms with E-state index in [2.05, 4.69) is 5.32 Å². The molecular formula is C12H16Cl2N2O. The molecule has 0 fully saturated rings. The third kappa shape index (κ3) is 4.94. The molecule has 0 spiro atoms. The number of benzene rings is 1. The lowest BCUT2D eigenvalue weighted by Crippen LogP contribution is -2.26. The Morgan fingerprint density at radius 1 is 1.29 bits per heavy atom. The van der Waals surface area contributed by atoms with E-state index in [4.69, 9.17) is 28.9 Å². The van der Waals surface area contributed by atoms with Gasteiger partial charge in [0.05, 0.1) is 0 Å². The Morgan fingerprint density at radius 2 is 1.94 bits per heavy atom. The Hall–Kier alpha value is -0.770. The van der Waals surface area contributed by atoms with Gasteiger partial charge in [-0.2, -0.15) is 0 Å². The van der Waals surface area contributed by atoms with E-state index in [0.29, 0.717) is 42.4 Å². The summed E-state index contributed by atoms with van der Waals surface area (Å²) in [5.41, 5.74) is 6.19. The van der Waals surface area contributed by atoms with Gasteiger partial charge in [0.2, 0.25) is 5.91 Å². The zero-order chi connectivity index (χ0) is 12.7. The fraction of sp³-hybridized carbons (Fsp3) is 0.417. The first kappa shape index (κ1) is 14.3. The minimum Gasteiger partial charge on any atom is -0.356 e. The van der Waals surface area contributed by atoms with Crippen molar-refractivity contribution in [2.24, 2.45) is 5.73 Å². The molecule has 0 saturated heterocycles. The Labute approximate surface area is 111 Å². The van der Waals surface area contributed by atoms with Gasteiger partial charge in [0.15, 0.2) is 0 Å². The predicted molar refractivity (Wildman–Crippen MR) is 71.5 cm³/mol. The Kier molecular flexibility index (Phi) is 6.34. The number of nitrogens with one attached hydrogen (secondary N) is 1. The second kappa shape index (κ2) is 7.54. The highest BCUT2D eigenvalue weighted by atomic mass is 35.5. The third-order valence-corrected chi connectivity index (χ3v) is 3.08. The van der Waals surface area contributed by atoms with E-state index >= 15 is 0 Å². The van der Waals surface area contributed by atoms with Gasteiger partial charge in [0.25, 0.3) is 0 Å². The van der Waals surface area contributed by atoms with E-state index in [-0.39, 0.29) is 5.91 Å². The van der Waals surface area contributed by atoms with Gasteiger partial charge in [-0.25, -0.2) is 0 Å². The number of rotatable bonds is 6. The molecule has 5 heteroatoms. The molecule has 1 amide bonds. The Morgan fingerprint density at radius 3 is 2.53 bits per heavy atom. The summed E-state index contributed by atoms with van der Waals surface area (Å²) in [7, 11) is 0. The summed E-state index contributed by atoms with van der Waals surface area (Å²) in [5, 5.41) is 4.07. The maximum atomic E-state index is 11.3. The number of hydrogen-bond donors (Lipinski definition) is 2. The van der Waals surface area contributed by atoms with Crippen LogP contribution in [0.4, 0.5) is 0 Å². The second-order valence-electron chi connectivity index (χ2n) is 3.69. The normalized spacial score (nSPS) is 10.3. The van der Waals surface area contributed by atoms with Crippen molar-refractivity contribution < 1.29 is 4.79 Å². The summed E-state index contributed by atoms with van der Waals surface area (Å²) in [6.45, 7) is 1.07. The fourth-order valence-electron chi connectivity index (χ4n) is 1.45. The summed E-state index contributed by atoms with van der Waals surface area (Å²) in [4.78, 5) is 11.3. The van der Waals surface area contributed by atoms with Gasteiger partial charge >= 0.3 is 0 Å². The topological polar surface area (TPSA) is 55.1 Å². The lowest BCUT2D eigenvalue weighted by molar-refractivity contribution is -0.121. The van der Waals surface area contributed by atoms with Gasteiger partial charge in [-0.05, 0) is 37.1 Å². The Balaban J connectivity index is 2.38. The van der Waals surface area contributed by atoms with Crippen molar-refractivity contribution in [1.82, 2.24) is 5.32 Å². The summed E-state index contributed by atoms with van der Waals surface area (Å²) >= 11 is 12.0. The molecule has 0 aliphatic carbocycles. The maximum absolute atomic E-state index is 11.3. The molecule has 1 aromatic carbocycles. The molecule has 0 atom stereocenters.